The smallest absolute Gasteiger partial charge is 0.312 e. The third-order valence-corrected chi connectivity index (χ3v) is 17.9. The highest BCUT2D eigenvalue weighted by molar-refractivity contribution is 6.26. The van der Waals surface area contributed by atoms with Gasteiger partial charge in [0.2, 0.25) is 0 Å². The zero-order chi connectivity index (χ0) is 63.2. The van der Waals surface area contributed by atoms with Crippen LogP contribution in [0.4, 0.5) is 11.4 Å². The molecule has 468 valence electrons. The summed E-state index contributed by atoms with van der Waals surface area (Å²) in [7, 11) is 1.44. The molecule has 11 rings (SSSR count). The third-order valence-electron chi connectivity index (χ3n) is 17.9. The van der Waals surface area contributed by atoms with E-state index in [1.54, 1.807) is 69.2 Å². The van der Waals surface area contributed by atoms with Gasteiger partial charge < -0.3 is 67.7 Å². The van der Waals surface area contributed by atoms with E-state index in [1.165, 1.54) is 53.2 Å². The molecule has 6 heterocycles. The average molecular weight is 1220 g/mol. The van der Waals surface area contributed by atoms with E-state index < -0.39 is 82.7 Å². The number of carbonyl (C=O) groups excluding carboxylic acids is 4. The van der Waals surface area contributed by atoms with Gasteiger partial charge in [0, 0.05) is 136 Å². The van der Waals surface area contributed by atoms with Gasteiger partial charge >= 0.3 is 11.8 Å². The first-order chi connectivity index (χ1) is 42.6. The Bertz CT molecular complexity index is 4040. The number of esters is 1. The standard InChI is InChI=1S/C68H75N5O16/c1-36-11-10-12-37(2)66(80)70-57-61(78)53-52(54-63(41(6)60(53)77)89-68(8,65(54)79)86-28-20-48(82-9)38(3)62(87-42(7)74)40(5)59(76)39(4)58(36)75)56-64(57)88-51-33-47(72-21-23-73(24-22-72)67(81)46-17-18-49-45(31-46)19-27-84-49)32-50(55(51)69-56)85-35-44-15-13-43(14-16-44)34-71-25-29-83-30-26-71/h10-20,27-28,31-33,36,38-40,48,58-59,62,75-76,78H,21-26,29-30,34-35H2,1-9H3,(H,70,80)/b11-10+,28-20+,37-12-/t36-,38+,39+,40+,48-,58-,59+,62+,68-/m0/s1. The van der Waals surface area contributed by atoms with Crippen molar-refractivity contribution in [1.29, 1.82) is 0 Å². The summed E-state index contributed by atoms with van der Waals surface area (Å²) in [6.07, 6.45) is 5.01. The van der Waals surface area contributed by atoms with E-state index in [1.807, 2.05) is 30.3 Å². The van der Waals surface area contributed by atoms with Gasteiger partial charge in [0.05, 0.1) is 55.0 Å². The van der Waals surface area contributed by atoms with E-state index in [9.17, 15) is 34.5 Å². The molecule has 0 saturated carbocycles. The van der Waals surface area contributed by atoms with E-state index in [-0.39, 0.29) is 79.4 Å². The van der Waals surface area contributed by atoms with Crippen molar-refractivity contribution in [1.82, 2.24) is 14.8 Å². The fourth-order valence-electron chi connectivity index (χ4n) is 12.5. The summed E-state index contributed by atoms with van der Waals surface area (Å²) in [5.41, 5.74) is 2.70. The molecule has 0 aliphatic carbocycles. The normalized spacial score (nSPS) is 26.3. The van der Waals surface area contributed by atoms with Gasteiger partial charge in [-0.3, -0.25) is 28.9 Å². The average Bonchev–Trinajstić information content (AvgIpc) is 1.73. The first-order valence-corrected chi connectivity index (χ1v) is 30.1. The molecular formula is C68H75N5O16. The Hall–Kier alpha value is -8.60. The number of phenolic OH excluding ortho intramolecular Hbond substituents is 1. The molecule has 21 heteroatoms. The van der Waals surface area contributed by atoms with Crippen LogP contribution in [-0.2, 0) is 41.7 Å². The summed E-state index contributed by atoms with van der Waals surface area (Å²) < 4.78 is 49.1. The number of phenols is 1. The van der Waals surface area contributed by atoms with Crippen LogP contribution in [0.2, 0.25) is 0 Å². The van der Waals surface area contributed by atoms with E-state index in [0.717, 1.165) is 36.1 Å². The number of aromatic hydroxyl groups is 1. The summed E-state index contributed by atoms with van der Waals surface area (Å²) in [5, 5.41) is 39.1. The number of hydrogen-bond acceptors (Lipinski definition) is 19. The lowest BCUT2D eigenvalue weighted by atomic mass is 9.78. The highest BCUT2D eigenvalue weighted by atomic mass is 16.7. The number of morpholine rings is 1. The van der Waals surface area contributed by atoms with Crippen molar-refractivity contribution in [3.63, 3.8) is 0 Å². The number of ketones is 1. The van der Waals surface area contributed by atoms with Crippen LogP contribution in [-0.4, -0.2) is 143 Å². The number of amides is 2. The lowest BCUT2D eigenvalue weighted by Gasteiger charge is -2.38. The van der Waals surface area contributed by atoms with Crippen molar-refractivity contribution in [2.24, 2.45) is 23.7 Å². The van der Waals surface area contributed by atoms with Gasteiger partial charge in [0.1, 0.15) is 40.8 Å². The summed E-state index contributed by atoms with van der Waals surface area (Å²) in [5.74, 6) is -7.60. The number of Topliss-reactive ketones (excluding diaryl/α,β-unsaturated/α-hetero) is 1. The minimum absolute atomic E-state index is 0.0512. The van der Waals surface area contributed by atoms with Crippen LogP contribution >= 0.6 is 0 Å². The first kappa shape index (κ1) is 62.0. The van der Waals surface area contributed by atoms with E-state index in [4.69, 9.17) is 42.2 Å². The van der Waals surface area contributed by atoms with Crippen molar-refractivity contribution in [3.8, 4) is 17.2 Å². The molecular weight excluding hydrogens is 1140 g/mol. The monoisotopic (exact) mass is 1220 g/mol. The Morgan fingerprint density at radius 1 is 0.831 bits per heavy atom. The van der Waals surface area contributed by atoms with Crippen molar-refractivity contribution in [2.75, 3.05) is 69.8 Å². The van der Waals surface area contributed by atoms with Crippen molar-refractivity contribution < 1.29 is 71.8 Å². The van der Waals surface area contributed by atoms with Crippen molar-refractivity contribution in [3.05, 3.63) is 141 Å². The third kappa shape index (κ3) is 12.2. The van der Waals surface area contributed by atoms with Gasteiger partial charge in [0.25, 0.3) is 17.6 Å². The number of furan rings is 1. The van der Waals surface area contributed by atoms with Gasteiger partial charge in [-0.1, -0.05) is 70.2 Å². The van der Waals surface area contributed by atoms with Crippen LogP contribution < -0.4 is 25.1 Å². The molecule has 4 N–H and O–H groups in total. The van der Waals surface area contributed by atoms with Gasteiger partial charge in [0.15, 0.2) is 28.1 Å². The van der Waals surface area contributed by atoms with Crippen LogP contribution in [0, 0.1) is 30.6 Å². The second kappa shape index (κ2) is 25.5. The summed E-state index contributed by atoms with van der Waals surface area (Å²) in [4.78, 5) is 82.7. The molecule has 9 atom stereocenters. The number of rotatable bonds is 9. The maximum absolute atomic E-state index is 15.3. The van der Waals surface area contributed by atoms with Crippen LogP contribution in [0.5, 0.6) is 17.2 Å². The molecule has 5 aromatic carbocycles. The van der Waals surface area contributed by atoms with Gasteiger partial charge in [-0.05, 0) is 55.3 Å². The molecule has 7 aromatic rings. The Kier molecular flexibility index (Phi) is 17.8. The number of aromatic nitrogens is 1. The largest absolute Gasteiger partial charge is 0.505 e. The molecule has 2 aromatic heterocycles. The number of allylic oxidation sites excluding steroid dienone is 2. The number of aliphatic hydroxyl groups is 2. The molecule has 0 radical (unpaired) electrons. The molecule has 89 heavy (non-hydrogen) atoms. The molecule has 21 nitrogen and oxygen atoms in total. The number of carbonyl (C=O) groups is 4. The van der Waals surface area contributed by atoms with E-state index >= 15 is 4.79 Å². The van der Waals surface area contributed by atoms with E-state index in [0.29, 0.717) is 56.2 Å². The van der Waals surface area contributed by atoms with Crippen LogP contribution in [0.25, 0.3) is 43.9 Å². The Morgan fingerprint density at radius 2 is 1.56 bits per heavy atom. The minimum atomic E-state index is -2.14. The quantitative estimate of drug-likeness (QED) is 0.0454. The Labute approximate surface area is 514 Å². The molecule has 4 bridgehead atoms. The highest BCUT2D eigenvalue weighted by Crippen LogP contribution is 2.49. The van der Waals surface area contributed by atoms with Crippen LogP contribution in [0.3, 0.4) is 0 Å². The second-order valence-electron chi connectivity index (χ2n) is 24.0. The number of aliphatic hydroxyl groups excluding tert-OH is 2. The fraction of sp³-hybridized carbons (Fsp3) is 0.412. The number of nitrogens with one attached hydrogen (secondary N) is 1. The predicted molar refractivity (Wildman–Crippen MR) is 333 cm³/mol. The topological polar surface area (TPSA) is 262 Å². The zero-order valence-corrected chi connectivity index (χ0v) is 51.4. The van der Waals surface area contributed by atoms with Crippen LogP contribution in [0.1, 0.15) is 85.9 Å². The van der Waals surface area contributed by atoms with Gasteiger partial charge in [-0.15, -0.1) is 0 Å². The molecule has 0 unspecified atom stereocenters. The van der Waals surface area contributed by atoms with Crippen LogP contribution in [0.15, 0.2) is 117 Å². The zero-order valence-electron chi connectivity index (χ0n) is 51.4. The van der Waals surface area contributed by atoms with E-state index in [2.05, 4.69) is 27.2 Å². The number of fused-ring (bicyclic) bond motifs is 3. The summed E-state index contributed by atoms with van der Waals surface area (Å²) in [6.45, 7) is 18.0. The maximum atomic E-state index is 15.3. The van der Waals surface area contributed by atoms with Crippen molar-refractivity contribution >= 4 is 78.9 Å². The molecule has 4 aliphatic heterocycles. The van der Waals surface area contributed by atoms with Crippen molar-refractivity contribution in [2.45, 2.75) is 98.7 Å². The van der Waals surface area contributed by atoms with Gasteiger partial charge in [-0.2, -0.15) is 0 Å². The molecule has 4 aliphatic rings. The number of hydrogen-bond donors (Lipinski definition) is 4. The molecule has 0 spiro atoms. The summed E-state index contributed by atoms with van der Waals surface area (Å²) in [6, 6.07) is 18.9. The lowest BCUT2D eigenvalue weighted by Crippen LogP contribution is -2.48. The highest BCUT2D eigenvalue weighted by Gasteiger charge is 2.50. The first-order valence-electron chi connectivity index (χ1n) is 30.1. The number of anilines is 2. The number of piperazine rings is 1. The predicted octanol–water partition coefficient (Wildman–Crippen LogP) is 9.12. The number of nitrogens with zero attached hydrogens (tertiary/aromatic N) is 4. The molecule has 2 fully saturated rings. The lowest BCUT2D eigenvalue weighted by molar-refractivity contribution is -0.160. The number of ether oxygens (including phenoxy) is 6. The maximum Gasteiger partial charge on any atom is 0.312 e. The molecule has 2 amide bonds. The Balaban J connectivity index is 1.05. The van der Waals surface area contributed by atoms with Gasteiger partial charge in [-0.25, -0.2) is 4.98 Å². The SMILES string of the molecule is CO[C@H]1/C=C/O[C@@]2(C)Oc3c(C)c(=O)c4c(O)c(c5oc6cc(N7CCN(C(=O)c8ccc9occc9c8)CC7)cc(OCc7ccc(CN8CCOCC8)cc7)c6nc5c4c3C2=O)NC(=O)/C(C)=C\C=C\[C@H](C)[C@H](O)[C@@H](C)[C@@H](O)[C@@H](C)[C@H](OC(C)=O)[C@@H]1C. The molecule has 2 saturated heterocycles. The number of benzene rings is 5. The fourth-order valence-corrected chi connectivity index (χ4v) is 12.5. The number of methoxy groups -OCH3 is 1. The minimum Gasteiger partial charge on any atom is -0.505 e. The summed E-state index contributed by atoms with van der Waals surface area (Å²) >= 11 is 0. The Morgan fingerprint density at radius 3 is 2.28 bits per heavy atom. The second-order valence-corrected chi connectivity index (χ2v) is 24.0.